The summed E-state index contributed by atoms with van der Waals surface area (Å²) in [6.07, 6.45) is 0. The van der Waals surface area contributed by atoms with Gasteiger partial charge in [-0.15, -0.1) is 0 Å². The Labute approximate surface area is 131 Å². The second kappa shape index (κ2) is 6.27. The number of carbonyl (C=O) groups is 2. The maximum Gasteiger partial charge on any atom is 0.342 e. The maximum absolute atomic E-state index is 11.8. The standard InChI is InChI=1S/C16H13NO6/c18-12-4-2-1-3-11(12)16(20)21-8-15(19)17-10-5-6-13-14(7-10)23-9-22-13/h1-7,18H,8-9H2,(H,17,19). The molecule has 23 heavy (non-hydrogen) atoms. The highest BCUT2D eigenvalue weighted by molar-refractivity contribution is 5.96. The lowest BCUT2D eigenvalue weighted by molar-refractivity contribution is -0.119. The van der Waals surface area contributed by atoms with E-state index in [0.29, 0.717) is 17.2 Å². The Morgan fingerprint density at radius 2 is 1.91 bits per heavy atom. The SMILES string of the molecule is O=C(COC(=O)c1ccccc1O)Nc1ccc2c(c1)OCO2. The number of anilines is 1. The van der Waals surface area contributed by atoms with Gasteiger partial charge in [0.25, 0.3) is 5.91 Å². The molecule has 2 N–H and O–H groups in total. The van der Waals surface area contributed by atoms with E-state index in [1.165, 1.54) is 12.1 Å². The van der Waals surface area contributed by atoms with Gasteiger partial charge < -0.3 is 24.6 Å². The monoisotopic (exact) mass is 315 g/mol. The van der Waals surface area contributed by atoms with Crippen LogP contribution in [0, 0.1) is 0 Å². The quantitative estimate of drug-likeness (QED) is 0.837. The number of amides is 1. The Morgan fingerprint density at radius 3 is 2.74 bits per heavy atom. The number of benzene rings is 2. The fourth-order valence-electron chi connectivity index (χ4n) is 2.03. The van der Waals surface area contributed by atoms with Crippen molar-refractivity contribution in [2.45, 2.75) is 0 Å². The van der Waals surface area contributed by atoms with E-state index >= 15 is 0 Å². The summed E-state index contributed by atoms with van der Waals surface area (Å²) in [5.74, 6) is -0.340. The number of hydrogen-bond acceptors (Lipinski definition) is 6. The molecular weight excluding hydrogens is 302 g/mol. The molecule has 0 atom stereocenters. The number of fused-ring (bicyclic) bond motifs is 1. The number of phenols is 1. The van der Waals surface area contributed by atoms with Gasteiger partial charge in [-0.25, -0.2) is 4.79 Å². The van der Waals surface area contributed by atoms with Crippen LogP contribution in [0.1, 0.15) is 10.4 Å². The molecule has 0 aliphatic carbocycles. The molecule has 0 saturated carbocycles. The van der Waals surface area contributed by atoms with Gasteiger partial charge >= 0.3 is 5.97 Å². The van der Waals surface area contributed by atoms with Gasteiger partial charge in [0, 0.05) is 11.8 Å². The highest BCUT2D eigenvalue weighted by atomic mass is 16.7. The van der Waals surface area contributed by atoms with Gasteiger partial charge in [-0.1, -0.05) is 12.1 Å². The van der Waals surface area contributed by atoms with Crippen LogP contribution in [0.5, 0.6) is 17.2 Å². The normalized spacial score (nSPS) is 11.8. The lowest BCUT2D eigenvalue weighted by Gasteiger charge is -2.08. The van der Waals surface area contributed by atoms with Crippen LogP contribution < -0.4 is 14.8 Å². The van der Waals surface area contributed by atoms with Gasteiger partial charge in [0.05, 0.1) is 0 Å². The van der Waals surface area contributed by atoms with Gasteiger partial charge in [0.1, 0.15) is 11.3 Å². The largest absolute Gasteiger partial charge is 0.507 e. The molecule has 7 nitrogen and oxygen atoms in total. The Kier molecular flexibility index (Phi) is 4.01. The summed E-state index contributed by atoms with van der Waals surface area (Å²) in [5.41, 5.74) is 0.501. The van der Waals surface area contributed by atoms with Crippen LogP contribution in [0.3, 0.4) is 0 Å². The average molecular weight is 315 g/mol. The molecule has 0 spiro atoms. The van der Waals surface area contributed by atoms with Crippen molar-refractivity contribution in [3.05, 3.63) is 48.0 Å². The number of para-hydroxylation sites is 1. The molecule has 0 fully saturated rings. The van der Waals surface area contributed by atoms with Crippen molar-refractivity contribution in [1.82, 2.24) is 0 Å². The van der Waals surface area contributed by atoms with Gasteiger partial charge in [0.15, 0.2) is 18.1 Å². The number of carbonyl (C=O) groups excluding carboxylic acids is 2. The van der Waals surface area contributed by atoms with Crippen LogP contribution in [-0.4, -0.2) is 30.4 Å². The molecule has 7 heteroatoms. The van der Waals surface area contributed by atoms with E-state index in [4.69, 9.17) is 14.2 Å². The Hall–Kier alpha value is -3.22. The molecule has 0 aromatic heterocycles. The summed E-state index contributed by atoms with van der Waals surface area (Å²) in [4.78, 5) is 23.6. The molecular formula is C16H13NO6. The lowest BCUT2D eigenvalue weighted by atomic mass is 10.2. The lowest BCUT2D eigenvalue weighted by Crippen LogP contribution is -2.20. The zero-order chi connectivity index (χ0) is 16.2. The zero-order valence-electron chi connectivity index (χ0n) is 11.9. The summed E-state index contributed by atoms with van der Waals surface area (Å²) in [6, 6.07) is 10.9. The van der Waals surface area contributed by atoms with Crippen molar-refractivity contribution in [3.63, 3.8) is 0 Å². The molecule has 1 aliphatic rings. The highest BCUT2D eigenvalue weighted by Gasteiger charge is 2.16. The average Bonchev–Trinajstić information content (AvgIpc) is 3.01. The first-order valence-electron chi connectivity index (χ1n) is 6.78. The van der Waals surface area contributed by atoms with E-state index in [0.717, 1.165) is 0 Å². The van der Waals surface area contributed by atoms with E-state index in [9.17, 15) is 14.7 Å². The fourth-order valence-corrected chi connectivity index (χ4v) is 2.03. The van der Waals surface area contributed by atoms with Crippen LogP contribution in [0.15, 0.2) is 42.5 Å². The number of nitrogens with one attached hydrogen (secondary N) is 1. The number of rotatable bonds is 4. The summed E-state index contributed by atoms with van der Waals surface area (Å²) in [5, 5.41) is 12.1. The molecule has 2 aromatic carbocycles. The molecule has 1 aliphatic heterocycles. The number of esters is 1. The second-order valence-corrected chi connectivity index (χ2v) is 4.71. The van der Waals surface area contributed by atoms with E-state index in [-0.39, 0.29) is 18.1 Å². The molecule has 118 valence electrons. The Balaban J connectivity index is 1.56. The van der Waals surface area contributed by atoms with Crippen LogP contribution in [0.2, 0.25) is 0 Å². The van der Waals surface area contributed by atoms with Crippen molar-refractivity contribution < 1.29 is 28.9 Å². The molecule has 0 radical (unpaired) electrons. The van der Waals surface area contributed by atoms with Crippen LogP contribution >= 0.6 is 0 Å². The van der Waals surface area contributed by atoms with Crippen LogP contribution in [-0.2, 0) is 9.53 Å². The fraction of sp³-hybridized carbons (Fsp3) is 0.125. The van der Waals surface area contributed by atoms with Gasteiger partial charge in [0.2, 0.25) is 6.79 Å². The Bertz CT molecular complexity index is 758. The van der Waals surface area contributed by atoms with Gasteiger partial charge in [-0.2, -0.15) is 0 Å². The van der Waals surface area contributed by atoms with E-state index < -0.39 is 18.5 Å². The van der Waals surface area contributed by atoms with E-state index in [2.05, 4.69) is 5.32 Å². The minimum Gasteiger partial charge on any atom is -0.507 e. The maximum atomic E-state index is 11.8. The molecule has 0 saturated heterocycles. The minimum atomic E-state index is -0.774. The highest BCUT2D eigenvalue weighted by Crippen LogP contribution is 2.34. The first kappa shape index (κ1) is 14.7. The van der Waals surface area contributed by atoms with Crippen molar-refractivity contribution >= 4 is 17.6 Å². The third-order valence-electron chi connectivity index (χ3n) is 3.11. The number of aromatic hydroxyl groups is 1. The van der Waals surface area contributed by atoms with Gasteiger partial charge in [-0.3, -0.25) is 4.79 Å². The van der Waals surface area contributed by atoms with Crippen molar-refractivity contribution in [3.8, 4) is 17.2 Å². The number of phenolic OH excluding ortho intramolecular Hbond substituents is 1. The topological polar surface area (TPSA) is 94.1 Å². The van der Waals surface area contributed by atoms with Crippen molar-refractivity contribution in [2.24, 2.45) is 0 Å². The third kappa shape index (κ3) is 3.34. The summed E-state index contributed by atoms with van der Waals surface area (Å²) >= 11 is 0. The summed E-state index contributed by atoms with van der Waals surface area (Å²) in [6.45, 7) is -0.327. The van der Waals surface area contributed by atoms with E-state index in [1.54, 1.807) is 30.3 Å². The minimum absolute atomic E-state index is 0.00313. The van der Waals surface area contributed by atoms with Crippen LogP contribution in [0.4, 0.5) is 5.69 Å². The predicted octanol–water partition coefficient (Wildman–Crippen LogP) is 1.92. The molecule has 3 rings (SSSR count). The predicted molar refractivity (Wildman–Crippen MR) is 79.6 cm³/mol. The van der Waals surface area contributed by atoms with E-state index in [1.807, 2.05) is 0 Å². The smallest absolute Gasteiger partial charge is 0.342 e. The molecule has 0 bridgehead atoms. The van der Waals surface area contributed by atoms with Gasteiger partial charge in [-0.05, 0) is 24.3 Å². The summed E-state index contributed by atoms with van der Waals surface area (Å²) in [7, 11) is 0. The molecule has 1 heterocycles. The first-order chi connectivity index (χ1) is 11.1. The summed E-state index contributed by atoms with van der Waals surface area (Å²) < 4.78 is 15.2. The number of ether oxygens (including phenoxy) is 3. The zero-order valence-corrected chi connectivity index (χ0v) is 11.9. The number of hydrogen-bond donors (Lipinski definition) is 2. The van der Waals surface area contributed by atoms with Crippen molar-refractivity contribution in [1.29, 1.82) is 0 Å². The molecule has 2 aromatic rings. The van der Waals surface area contributed by atoms with Crippen molar-refractivity contribution in [2.75, 3.05) is 18.7 Å². The van der Waals surface area contributed by atoms with Crippen LogP contribution in [0.25, 0.3) is 0 Å². The second-order valence-electron chi connectivity index (χ2n) is 4.71. The first-order valence-corrected chi connectivity index (χ1v) is 6.78. The molecule has 1 amide bonds. The Morgan fingerprint density at radius 1 is 1.13 bits per heavy atom. The third-order valence-corrected chi connectivity index (χ3v) is 3.11. The molecule has 0 unspecified atom stereocenters.